The molecule has 0 fully saturated rings. The number of hydrogen-bond acceptors (Lipinski definition) is 2. The van der Waals surface area contributed by atoms with Gasteiger partial charge in [-0.1, -0.05) is 41.4 Å². The van der Waals surface area contributed by atoms with E-state index in [0.29, 0.717) is 17.9 Å². The van der Waals surface area contributed by atoms with Gasteiger partial charge in [-0.3, -0.25) is 9.59 Å². The lowest BCUT2D eigenvalue weighted by atomic mass is 10.1. The molecule has 0 saturated carbocycles. The largest absolute Gasteiger partial charge is 0.336 e. The molecule has 0 heterocycles. The number of carbonyl (C=O) groups is 2. The molecule has 0 bridgehead atoms. The Hall–Kier alpha value is -2.33. The van der Waals surface area contributed by atoms with Crippen LogP contribution in [0.5, 0.6) is 0 Å². The van der Waals surface area contributed by atoms with E-state index >= 15 is 0 Å². The van der Waals surface area contributed by atoms with Crippen LogP contribution in [0.3, 0.4) is 0 Å². The van der Waals surface area contributed by atoms with Crippen LogP contribution in [0, 0.1) is 6.92 Å². The van der Waals surface area contributed by atoms with Crippen molar-refractivity contribution < 1.29 is 9.59 Å². The molecule has 0 aliphatic rings. The summed E-state index contributed by atoms with van der Waals surface area (Å²) in [6, 6.07) is 15.0. The fourth-order valence-corrected chi connectivity index (χ4v) is 2.49. The molecular weight excluding hydrogens is 324 g/mol. The number of halogens is 1. The SMILES string of the molecule is Cc1ccc(NC(=O)CN(C)C(=O)CCc2cccc(Cl)c2)cc1. The lowest BCUT2D eigenvalue weighted by molar-refractivity contribution is -0.133. The molecular formula is C19H21ClN2O2. The summed E-state index contributed by atoms with van der Waals surface area (Å²) in [6.45, 7) is 2.01. The number of nitrogens with zero attached hydrogens (tertiary/aromatic N) is 1. The Morgan fingerprint density at radius 1 is 1.12 bits per heavy atom. The highest BCUT2D eigenvalue weighted by Crippen LogP contribution is 2.13. The normalized spacial score (nSPS) is 10.3. The molecule has 126 valence electrons. The number of amides is 2. The van der Waals surface area contributed by atoms with Crippen LogP contribution in [0.4, 0.5) is 5.69 Å². The van der Waals surface area contributed by atoms with Crippen molar-refractivity contribution in [1.82, 2.24) is 4.90 Å². The third-order valence-corrected chi connectivity index (χ3v) is 3.89. The Balaban J connectivity index is 1.80. The average molecular weight is 345 g/mol. The Kier molecular flexibility index (Phi) is 6.38. The molecule has 2 rings (SSSR count). The topological polar surface area (TPSA) is 49.4 Å². The lowest BCUT2D eigenvalue weighted by Crippen LogP contribution is -2.35. The number of hydrogen-bond donors (Lipinski definition) is 1. The van der Waals surface area contributed by atoms with Crippen LogP contribution in [-0.2, 0) is 16.0 Å². The van der Waals surface area contributed by atoms with Crippen LogP contribution >= 0.6 is 11.6 Å². The van der Waals surface area contributed by atoms with Gasteiger partial charge in [-0.15, -0.1) is 0 Å². The van der Waals surface area contributed by atoms with E-state index in [-0.39, 0.29) is 18.4 Å². The summed E-state index contributed by atoms with van der Waals surface area (Å²) in [6.07, 6.45) is 0.942. The van der Waals surface area contributed by atoms with Crippen molar-refractivity contribution in [1.29, 1.82) is 0 Å². The highest BCUT2D eigenvalue weighted by molar-refractivity contribution is 6.30. The number of benzene rings is 2. The van der Waals surface area contributed by atoms with Gasteiger partial charge in [0, 0.05) is 24.2 Å². The predicted molar refractivity (Wildman–Crippen MR) is 97.2 cm³/mol. The average Bonchev–Trinajstić information content (AvgIpc) is 2.54. The van der Waals surface area contributed by atoms with Crippen LogP contribution in [0.25, 0.3) is 0 Å². The second kappa shape index (κ2) is 8.50. The molecule has 0 spiro atoms. The van der Waals surface area contributed by atoms with Crippen LogP contribution in [-0.4, -0.2) is 30.3 Å². The zero-order valence-corrected chi connectivity index (χ0v) is 14.6. The van der Waals surface area contributed by atoms with Gasteiger partial charge in [-0.2, -0.15) is 0 Å². The molecule has 5 heteroatoms. The van der Waals surface area contributed by atoms with Gasteiger partial charge in [0.1, 0.15) is 0 Å². The zero-order valence-electron chi connectivity index (χ0n) is 13.9. The molecule has 0 aliphatic heterocycles. The summed E-state index contributed by atoms with van der Waals surface area (Å²) < 4.78 is 0. The van der Waals surface area contributed by atoms with E-state index in [9.17, 15) is 9.59 Å². The zero-order chi connectivity index (χ0) is 17.5. The van der Waals surface area contributed by atoms with Crippen LogP contribution in [0.2, 0.25) is 5.02 Å². The first-order valence-electron chi connectivity index (χ1n) is 7.79. The first kappa shape index (κ1) is 18.0. The fraction of sp³-hybridized carbons (Fsp3) is 0.263. The first-order valence-corrected chi connectivity index (χ1v) is 8.17. The van der Waals surface area contributed by atoms with Gasteiger partial charge in [0.25, 0.3) is 0 Å². The van der Waals surface area contributed by atoms with Gasteiger partial charge < -0.3 is 10.2 Å². The van der Waals surface area contributed by atoms with Gasteiger partial charge in [-0.05, 0) is 43.2 Å². The Morgan fingerprint density at radius 3 is 2.50 bits per heavy atom. The summed E-state index contributed by atoms with van der Waals surface area (Å²) in [5.74, 6) is -0.286. The Bertz CT molecular complexity index is 714. The van der Waals surface area contributed by atoms with E-state index in [1.807, 2.05) is 49.4 Å². The van der Waals surface area contributed by atoms with Crippen molar-refractivity contribution in [3.8, 4) is 0 Å². The summed E-state index contributed by atoms with van der Waals surface area (Å²) >= 11 is 5.93. The fourth-order valence-electron chi connectivity index (χ4n) is 2.28. The van der Waals surface area contributed by atoms with Crippen molar-refractivity contribution in [2.75, 3.05) is 18.9 Å². The highest BCUT2D eigenvalue weighted by Gasteiger charge is 2.13. The number of nitrogens with one attached hydrogen (secondary N) is 1. The van der Waals surface area contributed by atoms with Gasteiger partial charge in [0.05, 0.1) is 6.54 Å². The van der Waals surface area contributed by atoms with E-state index in [0.717, 1.165) is 16.8 Å². The van der Waals surface area contributed by atoms with E-state index in [4.69, 9.17) is 11.6 Å². The minimum atomic E-state index is -0.211. The monoisotopic (exact) mass is 344 g/mol. The van der Waals surface area contributed by atoms with E-state index in [2.05, 4.69) is 5.32 Å². The molecule has 0 radical (unpaired) electrons. The molecule has 0 atom stereocenters. The summed E-state index contributed by atoms with van der Waals surface area (Å²) in [5, 5.41) is 3.44. The standard InChI is InChI=1S/C19H21ClN2O2/c1-14-6-9-17(10-7-14)21-18(23)13-22(2)19(24)11-8-15-4-3-5-16(20)12-15/h3-7,9-10,12H,8,11,13H2,1-2H3,(H,21,23). The lowest BCUT2D eigenvalue weighted by Gasteiger charge is -2.17. The third kappa shape index (κ3) is 5.70. The number of aryl methyl sites for hydroxylation is 2. The van der Waals surface area contributed by atoms with Crippen LogP contribution in [0.15, 0.2) is 48.5 Å². The molecule has 2 aromatic rings. The van der Waals surface area contributed by atoms with E-state index < -0.39 is 0 Å². The molecule has 0 aliphatic carbocycles. The second-order valence-corrected chi connectivity index (χ2v) is 6.23. The summed E-state index contributed by atoms with van der Waals surface area (Å²) in [4.78, 5) is 25.6. The van der Waals surface area contributed by atoms with Crippen molar-refractivity contribution in [2.45, 2.75) is 19.8 Å². The molecule has 0 aromatic heterocycles. The number of rotatable bonds is 6. The maximum absolute atomic E-state index is 12.1. The molecule has 0 saturated heterocycles. The van der Waals surface area contributed by atoms with Crippen LogP contribution in [0.1, 0.15) is 17.5 Å². The summed E-state index contributed by atoms with van der Waals surface area (Å²) in [7, 11) is 1.63. The molecule has 1 N–H and O–H groups in total. The van der Waals surface area contributed by atoms with Crippen molar-refractivity contribution >= 4 is 29.1 Å². The molecule has 2 aromatic carbocycles. The maximum Gasteiger partial charge on any atom is 0.243 e. The van der Waals surface area contributed by atoms with Crippen LogP contribution < -0.4 is 5.32 Å². The van der Waals surface area contributed by atoms with Gasteiger partial charge in [0.15, 0.2) is 0 Å². The van der Waals surface area contributed by atoms with Gasteiger partial charge >= 0.3 is 0 Å². The number of likely N-dealkylation sites (N-methyl/N-ethyl adjacent to an activating group) is 1. The molecule has 0 unspecified atom stereocenters. The van der Waals surface area contributed by atoms with Crippen molar-refractivity contribution in [2.24, 2.45) is 0 Å². The molecule has 24 heavy (non-hydrogen) atoms. The number of carbonyl (C=O) groups excluding carboxylic acids is 2. The maximum atomic E-state index is 12.1. The quantitative estimate of drug-likeness (QED) is 0.869. The Labute approximate surface area is 147 Å². The molecule has 2 amide bonds. The van der Waals surface area contributed by atoms with Gasteiger partial charge in [-0.25, -0.2) is 0 Å². The molecule has 4 nitrogen and oxygen atoms in total. The summed E-state index contributed by atoms with van der Waals surface area (Å²) in [5.41, 5.74) is 2.86. The minimum absolute atomic E-state index is 0.0300. The first-order chi connectivity index (χ1) is 11.4. The number of anilines is 1. The second-order valence-electron chi connectivity index (χ2n) is 5.79. The third-order valence-electron chi connectivity index (χ3n) is 3.66. The van der Waals surface area contributed by atoms with Crippen molar-refractivity contribution in [3.63, 3.8) is 0 Å². The predicted octanol–water partition coefficient (Wildman–Crippen LogP) is 3.68. The smallest absolute Gasteiger partial charge is 0.243 e. The van der Waals surface area contributed by atoms with Gasteiger partial charge in [0.2, 0.25) is 11.8 Å². The van der Waals surface area contributed by atoms with E-state index in [1.165, 1.54) is 4.90 Å². The highest BCUT2D eigenvalue weighted by atomic mass is 35.5. The van der Waals surface area contributed by atoms with E-state index in [1.54, 1.807) is 13.1 Å². The minimum Gasteiger partial charge on any atom is -0.336 e. The Morgan fingerprint density at radius 2 is 1.83 bits per heavy atom. The van der Waals surface area contributed by atoms with Crippen molar-refractivity contribution in [3.05, 3.63) is 64.7 Å².